The highest BCUT2D eigenvalue weighted by atomic mass is 16.1. The van der Waals surface area contributed by atoms with Crippen molar-refractivity contribution in [3.8, 4) is 0 Å². The van der Waals surface area contributed by atoms with Gasteiger partial charge in [-0.2, -0.15) is 0 Å². The van der Waals surface area contributed by atoms with Gasteiger partial charge in [0, 0.05) is 12.5 Å². The van der Waals surface area contributed by atoms with Crippen LogP contribution in [-0.2, 0) is 4.79 Å². The van der Waals surface area contributed by atoms with E-state index < -0.39 is 0 Å². The zero-order valence-electron chi connectivity index (χ0n) is 13.4. The largest absolute Gasteiger partial charge is 0.309 e. The molecule has 2 nitrogen and oxygen atoms in total. The number of Topliss-reactive ketones (excluding diaryl/α,β-unsaturated/α-hetero) is 1. The first-order valence-corrected chi connectivity index (χ1v) is 8.02. The van der Waals surface area contributed by atoms with Gasteiger partial charge in [-0.15, -0.1) is 0 Å². The van der Waals surface area contributed by atoms with E-state index in [1.807, 2.05) is 14.1 Å². The number of ketones is 1. The summed E-state index contributed by atoms with van der Waals surface area (Å²) in [5.41, 5.74) is 2.13. The van der Waals surface area contributed by atoms with Gasteiger partial charge in [-0.25, -0.2) is 0 Å². The molecule has 0 spiro atoms. The van der Waals surface area contributed by atoms with E-state index >= 15 is 0 Å². The zero-order chi connectivity index (χ0) is 15.5. The van der Waals surface area contributed by atoms with Crippen molar-refractivity contribution in [2.24, 2.45) is 5.92 Å². The highest BCUT2D eigenvalue weighted by molar-refractivity contribution is 6.02. The summed E-state index contributed by atoms with van der Waals surface area (Å²) < 4.78 is 0. The average Bonchev–Trinajstić information content (AvgIpc) is 2.51. The molecule has 0 bridgehead atoms. The van der Waals surface area contributed by atoms with Crippen molar-refractivity contribution >= 4 is 22.6 Å². The summed E-state index contributed by atoms with van der Waals surface area (Å²) in [5.74, 6) is 0.503. The molecule has 1 saturated carbocycles. The van der Waals surface area contributed by atoms with Crippen LogP contribution in [0.15, 0.2) is 48.0 Å². The number of allylic oxidation sites excluding steroid dienone is 1. The van der Waals surface area contributed by atoms with Crippen molar-refractivity contribution in [2.45, 2.75) is 19.3 Å². The Bertz CT molecular complexity index is 714. The van der Waals surface area contributed by atoms with E-state index in [0.717, 1.165) is 36.9 Å². The third-order valence-electron chi connectivity index (χ3n) is 4.39. The Morgan fingerprint density at radius 3 is 2.68 bits per heavy atom. The highest BCUT2D eigenvalue weighted by Crippen LogP contribution is 2.28. The van der Waals surface area contributed by atoms with Gasteiger partial charge in [-0.3, -0.25) is 4.79 Å². The van der Waals surface area contributed by atoms with Crippen LogP contribution in [0.1, 0.15) is 24.8 Å². The Morgan fingerprint density at radius 2 is 1.91 bits per heavy atom. The lowest BCUT2D eigenvalue weighted by Crippen LogP contribution is -2.31. The third-order valence-corrected chi connectivity index (χ3v) is 4.39. The second-order valence-corrected chi connectivity index (χ2v) is 6.49. The molecule has 1 fully saturated rings. The topological polar surface area (TPSA) is 20.3 Å². The van der Waals surface area contributed by atoms with E-state index in [1.54, 1.807) is 0 Å². The number of hydrogen-bond donors (Lipinski definition) is 0. The summed E-state index contributed by atoms with van der Waals surface area (Å²) in [5, 5.41) is 2.47. The van der Waals surface area contributed by atoms with Crippen molar-refractivity contribution in [2.75, 3.05) is 20.6 Å². The van der Waals surface area contributed by atoms with Crippen LogP contribution in [0.4, 0.5) is 0 Å². The van der Waals surface area contributed by atoms with Crippen LogP contribution in [-0.4, -0.2) is 31.3 Å². The van der Waals surface area contributed by atoms with Gasteiger partial charge >= 0.3 is 0 Å². The summed E-state index contributed by atoms with van der Waals surface area (Å²) in [6.07, 6.45) is 5.14. The molecule has 1 atom stereocenters. The molecular weight excluding hydrogens is 270 g/mol. The van der Waals surface area contributed by atoms with Gasteiger partial charge < -0.3 is 4.90 Å². The molecule has 0 aliphatic heterocycles. The number of nitrogens with zero attached hydrogens (tertiary/aromatic N) is 1. The first-order valence-electron chi connectivity index (χ1n) is 8.02. The summed E-state index contributed by atoms with van der Waals surface area (Å²) in [4.78, 5) is 14.7. The Kier molecular flexibility index (Phi) is 4.39. The van der Waals surface area contributed by atoms with Gasteiger partial charge in [0.1, 0.15) is 0 Å². The fraction of sp³-hybridized carbons (Fsp3) is 0.350. The van der Waals surface area contributed by atoms with Crippen LogP contribution >= 0.6 is 0 Å². The minimum atomic E-state index is 0.162. The van der Waals surface area contributed by atoms with Crippen LogP contribution in [0.5, 0.6) is 0 Å². The molecule has 0 aromatic heterocycles. The number of rotatable bonds is 3. The smallest absolute Gasteiger partial charge is 0.163 e. The Hall–Kier alpha value is -1.93. The molecule has 0 radical (unpaired) electrons. The van der Waals surface area contributed by atoms with E-state index in [9.17, 15) is 4.79 Å². The number of hydrogen-bond acceptors (Lipinski definition) is 2. The fourth-order valence-electron chi connectivity index (χ4n) is 3.31. The molecule has 1 aliphatic rings. The molecule has 1 aliphatic carbocycles. The normalized spacial score (nSPS) is 21.0. The van der Waals surface area contributed by atoms with E-state index in [1.165, 1.54) is 10.8 Å². The molecule has 0 N–H and O–H groups in total. The van der Waals surface area contributed by atoms with Gasteiger partial charge in [0.2, 0.25) is 0 Å². The Balaban J connectivity index is 1.87. The van der Waals surface area contributed by atoms with Crippen molar-refractivity contribution in [3.05, 3.63) is 53.6 Å². The average molecular weight is 293 g/mol. The van der Waals surface area contributed by atoms with Crippen molar-refractivity contribution in [3.63, 3.8) is 0 Å². The third kappa shape index (κ3) is 3.28. The van der Waals surface area contributed by atoms with Gasteiger partial charge in [0.05, 0.1) is 0 Å². The zero-order valence-corrected chi connectivity index (χ0v) is 13.4. The van der Waals surface area contributed by atoms with Crippen molar-refractivity contribution in [1.29, 1.82) is 0 Å². The summed E-state index contributed by atoms with van der Waals surface area (Å²) in [6, 6.07) is 14.8. The number of benzene rings is 2. The predicted octanol–water partition coefficient (Wildman–Crippen LogP) is 4.15. The molecule has 22 heavy (non-hydrogen) atoms. The molecule has 114 valence electrons. The van der Waals surface area contributed by atoms with Crippen molar-refractivity contribution < 1.29 is 4.79 Å². The lowest BCUT2D eigenvalue weighted by atomic mass is 9.83. The summed E-state index contributed by atoms with van der Waals surface area (Å²) in [7, 11) is 4.07. The molecule has 2 aromatic carbocycles. The molecule has 1 unspecified atom stereocenters. The van der Waals surface area contributed by atoms with Crippen LogP contribution < -0.4 is 0 Å². The molecule has 0 amide bonds. The van der Waals surface area contributed by atoms with Crippen LogP contribution in [0.3, 0.4) is 0 Å². The van der Waals surface area contributed by atoms with E-state index in [4.69, 9.17) is 0 Å². The molecule has 2 heteroatoms. The summed E-state index contributed by atoms with van der Waals surface area (Å²) in [6.45, 7) is 0.855. The molecule has 2 aromatic rings. The van der Waals surface area contributed by atoms with Gasteiger partial charge in [-0.05, 0) is 67.4 Å². The lowest BCUT2D eigenvalue weighted by molar-refractivity contribution is -0.120. The van der Waals surface area contributed by atoms with E-state index in [2.05, 4.69) is 53.4 Å². The van der Waals surface area contributed by atoms with Crippen LogP contribution in [0, 0.1) is 5.92 Å². The SMILES string of the molecule is CN(C)CC1CCCC(=Cc2ccc3ccccc3c2)C1=O. The predicted molar refractivity (Wildman–Crippen MR) is 92.8 cm³/mol. The minimum Gasteiger partial charge on any atom is -0.309 e. The van der Waals surface area contributed by atoms with E-state index in [0.29, 0.717) is 5.78 Å². The number of fused-ring (bicyclic) bond motifs is 1. The molecular formula is C20H23NO. The minimum absolute atomic E-state index is 0.162. The maximum absolute atomic E-state index is 12.6. The van der Waals surface area contributed by atoms with Gasteiger partial charge in [0.15, 0.2) is 5.78 Å². The first kappa shape index (κ1) is 15.0. The molecule has 0 heterocycles. The first-order chi connectivity index (χ1) is 10.6. The maximum atomic E-state index is 12.6. The van der Waals surface area contributed by atoms with Crippen molar-refractivity contribution in [1.82, 2.24) is 4.90 Å². The Labute approximate surface area is 132 Å². The standard InChI is InChI=1S/C20H23NO/c1-21(2)14-19-9-5-8-18(20(19)22)13-15-10-11-16-6-3-4-7-17(16)12-15/h3-4,6-7,10-13,19H,5,8-9,14H2,1-2H3. The molecule has 3 rings (SSSR count). The fourth-order valence-corrected chi connectivity index (χ4v) is 3.31. The van der Waals surface area contributed by atoms with Gasteiger partial charge in [-0.1, -0.05) is 36.4 Å². The lowest BCUT2D eigenvalue weighted by Gasteiger charge is -2.25. The number of carbonyl (C=O) groups excluding carboxylic acids is 1. The summed E-state index contributed by atoms with van der Waals surface area (Å²) >= 11 is 0. The second-order valence-electron chi connectivity index (χ2n) is 6.49. The highest BCUT2D eigenvalue weighted by Gasteiger charge is 2.26. The molecule has 0 saturated heterocycles. The monoisotopic (exact) mass is 293 g/mol. The number of carbonyl (C=O) groups is 1. The van der Waals surface area contributed by atoms with E-state index in [-0.39, 0.29) is 5.92 Å². The second kappa shape index (κ2) is 6.45. The maximum Gasteiger partial charge on any atom is 0.163 e. The van der Waals surface area contributed by atoms with Gasteiger partial charge in [0.25, 0.3) is 0 Å². The Morgan fingerprint density at radius 1 is 1.14 bits per heavy atom. The van der Waals surface area contributed by atoms with Crippen LogP contribution in [0.2, 0.25) is 0 Å². The quantitative estimate of drug-likeness (QED) is 0.792. The van der Waals surface area contributed by atoms with Crippen LogP contribution in [0.25, 0.3) is 16.8 Å².